The molecule has 24 heavy (non-hydrogen) atoms. The van der Waals surface area contributed by atoms with Crippen molar-refractivity contribution in [2.24, 2.45) is 0 Å². The third kappa shape index (κ3) is 10.3. The molecule has 0 aliphatic heterocycles. The average molecular weight is 346 g/mol. The summed E-state index contributed by atoms with van der Waals surface area (Å²) in [5.41, 5.74) is 1.06. The summed E-state index contributed by atoms with van der Waals surface area (Å²) >= 11 is 0. The molecule has 0 radical (unpaired) electrons. The molecule has 0 saturated carbocycles. The standard InChI is InChI=1S/C17H24F2O5/c1-2-24-16(20)12-23-14-17(18,19)13-22-10-6-9-21-11-15-7-4-3-5-8-15/h3-5,7-8H,2,6,9-14H2,1H3. The lowest BCUT2D eigenvalue weighted by molar-refractivity contribution is -0.157. The van der Waals surface area contributed by atoms with Crippen molar-refractivity contribution in [2.75, 3.05) is 39.6 Å². The van der Waals surface area contributed by atoms with E-state index in [1.165, 1.54) is 0 Å². The van der Waals surface area contributed by atoms with Crippen LogP contribution in [0.25, 0.3) is 0 Å². The fraction of sp³-hybridized carbons (Fsp3) is 0.588. The molecule has 0 aliphatic rings. The number of ether oxygens (including phenoxy) is 4. The second kappa shape index (κ2) is 11.9. The van der Waals surface area contributed by atoms with E-state index >= 15 is 0 Å². The number of hydrogen-bond acceptors (Lipinski definition) is 5. The molecule has 5 nitrogen and oxygen atoms in total. The Morgan fingerprint density at radius 2 is 1.71 bits per heavy atom. The van der Waals surface area contributed by atoms with Gasteiger partial charge in [-0.2, -0.15) is 0 Å². The minimum atomic E-state index is -3.14. The van der Waals surface area contributed by atoms with Gasteiger partial charge in [0.25, 0.3) is 5.92 Å². The fourth-order valence-electron chi connectivity index (χ4n) is 1.78. The van der Waals surface area contributed by atoms with Crippen molar-refractivity contribution < 1.29 is 32.5 Å². The highest BCUT2D eigenvalue weighted by molar-refractivity contribution is 5.70. The number of carbonyl (C=O) groups is 1. The van der Waals surface area contributed by atoms with Crippen molar-refractivity contribution in [3.8, 4) is 0 Å². The lowest BCUT2D eigenvalue weighted by atomic mass is 10.2. The van der Waals surface area contributed by atoms with Gasteiger partial charge in [0.15, 0.2) is 0 Å². The van der Waals surface area contributed by atoms with E-state index in [2.05, 4.69) is 9.47 Å². The zero-order valence-electron chi connectivity index (χ0n) is 13.8. The molecular weight excluding hydrogens is 322 g/mol. The van der Waals surface area contributed by atoms with E-state index in [9.17, 15) is 13.6 Å². The van der Waals surface area contributed by atoms with Gasteiger partial charge in [0.1, 0.15) is 19.8 Å². The Balaban J connectivity index is 1.99. The highest BCUT2D eigenvalue weighted by Crippen LogP contribution is 2.14. The van der Waals surface area contributed by atoms with Gasteiger partial charge >= 0.3 is 5.97 Å². The summed E-state index contributed by atoms with van der Waals surface area (Å²) in [5, 5.41) is 0. The van der Waals surface area contributed by atoms with Crippen molar-refractivity contribution in [1.29, 1.82) is 0 Å². The minimum absolute atomic E-state index is 0.169. The van der Waals surface area contributed by atoms with E-state index in [1.807, 2.05) is 30.3 Å². The Morgan fingerprint density at radius 1 is 1.04 bits per heavy atom. The van der Waals surface area contributed by atoms with Crippen LogP contribution >= 0.6 is 0 Å². The third-order valence-electron chi connectivity index (χ3n) is 2.84. The summed E-state index contributed by atoms with van der Waals surface area (Å²) < 4.78 is 46.4. The number of rotatable bonds is 13. The van der Waals surface area contributed by atoms with E-state index in [-0.39, 0.29) is 13.2 Å². The van der Waals surface area contributed by atoms with Gasteiger partial charge in [-0.25, -0.2) is 13.6 Å². The second-order valence-electron chi connectivity index (χ2n) is 5.10. The number of carbonyl (C=O) groups excluding carboxylic acids is 1. The zero-order chi connectivity index (χ0) is 17.7. The molecule has 7 heteroatoms. The molecule has 0 aromatic heterocycles. The molecule has 0 spiro atoms. The average Bonchev–Trinajstić information content (AvgIpc) is 2.55. The smallest absolute Gasteiger partial charge is 0.332 e. The first-order chi connectivity index (χ1) is 11.5. The summed E-state index contributed by atoms with van der Waals surface area (Å²) in [6.07, 6.45) is 0.520. The van der Waals surface area contributed by atoms with Crippen LogP contribution in [-0.2, 0) is 30.3 Å². The molecule has 0 bridgehead atoms. The molecule has 0 atom stereocenters. The second-order valence-corrected chi connectivity index (χ2v) is 5.10. The molecule has 136 valence electrons. The van der Waals surface area contributed by atoms with Crippen molar-refractivity contribution in [3.05, 3.63) is 35.9 Å². The highest BCUT2D eigenvalue weighted by Gasteiger charge is 2.30. The predicted octanol–water partition coefficient (Wildman–Crippen LogP) is 2.82. The van der Waals surface area contributed by atoms with Crippen LogP contribution in [0.1, 0.15) is 18.9 Å². The Kier molecular flexibility index (Phi) is 10.1. The van der Waals surface area contributed by atoms with E-state index in [0.29, 0.717) is 19.6 Å². The maximum absolute atomic E-state index is 13.4. The van der Waals surface area contributed by atoms with E-state index in [0.717, 1.165) is 5.56 Å². The van der Waals surface area contributed by atoms with Crippen LogP contribution < -0.4 is 0 Å². The van der Waals surface area contributed by atoms with Crippen LogP contribution in [0.3, 0.4) is 0 Å². The Labute approximate surface area is 140 Å². The monoisotopic (exact) mass is 346 g/mol. The topological polar surface area (TPSA) is 54.0 Å². The third-order valence-corrected chi connectivity index (χ3v) is 2.84. The number of esters is 1. The Bertz CT molecular complexity index is 454. The molecule has 0 aliphatic carbocycles. The highest BCUT2D eigenvalue weighted by atomic mass is 19.3. The van der Waals surface area contributed by atoms with E-state index in [1.54, 1.807) is 6.92 Å². The first kappa shape index (κ1) is 20.5. The van der Waals surface area contributed by atoms with Crippen molar-refractivity contribution in [3.63, 3.8) is 0 Å². The van der Waals surface area contributed by atoms with Gasteiger partial charge in [0, 0.05) is 13.2 Å². The summed E-state index contributed by atoms with van der Waals surface area (Å²) in [6, 6.07) is 9.68. The number of hydrogen-bond donors (Lipinski definition) is 0. The van der Waals surface area contributed by atoms with Crippen LogP contribution in [0.4, 0.5) is 8.78 Å². The summed E-state index contributed by atoms with van der Waals surface area (Å²) in [4.78, 5) is 11.0. The SMILES string of the molecule is CCOC(=O)COCC(F)(F)COCCCOCc1ccccc1. The van der Waals surface area contributed by atoms with Crippen molar-refractivity contribution in [2.45, 2.75) is 25.9 Å². The molecule has 0 heterocycles. The fourth-order valence-corrected chi connectivity index (χ4v) is 1.78. The van der Waals surface area contributed by atoms with Gasteiger partial charge in [0.2, 0.25) is 0 Å². The lowest BCUT2D eigenvalue weighted by Gasteiger charge is -2.16. The quantitative estimate of drug-likeness (QED) is 0.406. The van der Waals surface area contributed by atoms with Crippen LogP contribution in [-0.4, -0.2) is 51.5 Å². The molecule has 1 aromatic carbocycles. The number of benzene rings is 1. The van der Waals surface area contributed by atoms with Gasteiger partial charge in [-0.3, -0.25) is 0 Å². The predicted molar refractivity (Wildman–Crippen MR) is 83.9 cm³/mol. The minimum Gasteiger partial charge on any atom is -0.464 e. The maximum Gasteiger partial charge on any atom is 0.332 e. The van der Waals surface area contributed by atoms with Gasteiger partial charge in [-0.05, 0) is 18.9 Å². The van der Waals surface area contributed by atoms with Gasteiger partial charge in [-0.1, -0.05) is 30.3 Å². The molecule has 0 saturated heterocycles. The molecule has 1 rings (SSSR count). The zero-order valence-corrected chi connectivity index (χ0v) is 13.8. The summed E-state index contributed by atoms with van der Waals surface area (Å²) in [5.74, 6) is -3.80. The van der Waals surface area contributed by atoms with Crippen LogP contribution in [0.5, 0.6) is 0 Å². The first-order valence-corrected chi connectivity index (χ1v) is 7.84. The van der Waals surface area contributed by atoms with Crippen LogP contribution in [0.2, 0.25) is 0 Å². The first-order valence-electron chi connectivity index (χ1n) is 7.84. The normalized spacial score (nSPS) is 11.5. The van der Waals surface area contributed by atoms with Gasteiger partial charge in [0.05, 0.1) is 13.2 Å². The molecule has 0 amide bonds. The Hall–Kier alpha value is -1.57. The van der Waals surface area contributed by atoms with Crippen LogP contribution in [0, 0.1) is 0 Å². The maximum atomic E-state index is 13.4. The molecule has 0 N–H and O–H groups in total. The van der Waals surface area contributed by atoms with Gasteiger partial charge < -0.3 is 18.9 Å². The van der Waals surface area contributed by atoms with Crippen LogP contribution in [0.15, 0.2) is 30.3 Å². The summed E-state index contributed by atoms with van der Waals surface area (Å²) in [6.45, 7) is 0.778. The Morgan fingerprint density at radius 3 is 2.42 bits per heavy atom. The molecular formula is C17H24F2O5. The van der Waals surface area contributed by atoms with E-state index < -0.39 is 31.7 Å². The van der Waals surface area contributed by atoms with Crippen molar-refractivity contribution >= 4 is 5.97 Å². The van der Waals surface area contributed by atoms with Gasteiger partial charge in [-0.15, -0.1) is 0 Å². The summed E-state index contributed by atoms with van der Waals surface area (Å²) in [7, 11) is 0. The number of alkyl halides is 2. The lowest BCUT2D eigenvalue weighted by Crippen LogP contribution is -2.31. The van der Waals surface area contributed by atoms with Crippen molar-refractivity contribution in [1.82, 2.24) is 0 Å². The molecule has 0 unspecified atom stereocenters. The molecule has 0 fully saturated rings. The largest absolute Gasteiger partial charge is 0.464 e. The number of halogens is 2. The van der Waals surface area contributed by atoms with E-state index in [4.69, 9.17) is 9.47 Å². The molecule has 1 aromatic rings.